The Morgan fingerprint density at radius 2 is 2.17 bits per heavy atom. The van der Waals surface area contributed by atoms with E-state index in [1.807, 2.05) is 25.1 Å². The highest BCUT2D eigenvalue weighted by Gasteiger charge is 2.30. The number of aryl methyl sites for hydroxylation is 1. The molecule has 3 aromatic heterocycles. The number of likely N-dealkylation sites (tertiary alicyclic amines) is 1. The molecule has 2 amide bonds. The largest absolute Gasteiger partial charge is 0.456 e. The average Bonchev–Trinajstić information content (AvgIpc) is 3.58. The van der Waals surface area contributed by atoms with E-state index in [0.717, 1.165) is 34.1 Å². The Balaban J connectivity index is 1.43. The van der Waals surface area contributed by atoms with E-state index in [1.54, 1.807) is 33.9 Å². The van der Waals surface area contributed by atoms with Crippen molar-refractivity contribution < 1.29 is 19.4 Å². The van der Waals surface area contributed by atoms with E-state index < -0.39 is 0 Å². The number of fused-ring (bicyclic) bond motifs is 2. The predicted molar refractivity (Wildman–Crippen MR) is 135 cm³/mol. The molecule has 5 rings (SSSR count). The molecular formula is C26H24N4O4S. The van der Waals surface area contributed by atoms with E-state index in [9.17, 15) is 14.7 Å². The molecule has 1 aromatic carbocycles. The fourth-order valence-electron chi connectivity index (χ4n) is 4.53. The molecule has 178 valence electrons. The predicted octanol–water partition coefficient (Wildman–Crippen LogP) is 4.14. The van der Waals surface area contributed by atoms with Crippen molar-refractivity contribution in [2.24, 2.45) is 0 Å². The fraction of sp³-hybridized carbons (Fsp3) is 0.269. The minimum Gasteiger partial charge on any atom is -0.456 e. The number of thiophene rings is 1. The number of rotatable bonds is 5. The van der Waals surface area contributed by atoms with Gasteiger partial charge in [-0.1, -0.05) is 5.92 Å². The number of carbonyl (C=O) groups excluding carboxylic acids is 2. The van der Waals surface area contributed by atoms with Gasteiger partial charge in [0.1, 0.15) is 11.5 Å². The molecule has 0 aliphatic carbocycles. The molecule has 1 atom stereocenters. The Labute approximate surface area is 206 Å². The lowest BCUT2D eigenvalue weighted by Crippen LogP contribution is -2.37. The molecular weight excluding hydrogens is 464 g/mol. The molecule has 1 saturated heterocycles. The zero-order valence-corrected chi connectivity index (χ0v) is 20.0. The van der Waals surface area contributed by atoms with Crippen LogP contribution in [0.25, 0.3) is 21.1 Å². The lowest BCUT2D eigenvalue weighted by atomic mass is 10.2. The standard InChI is InChI=1S/C26H24N4O4S/c1-3-9-28-26(33)30-16(2)12-17-13-19(6-7-21(17)30)34-22-8-10-27-20-14-23(35-24(20)22)25(32)29-11-4-5-18(29)15-31/h1,6-8,10,12-14,18,31H,4-5,9,11,15H2,2H3,(H,28,33). The summed E-state index contributed by atoms with van der Waals surface area (Å²) in [5.74, 6) is 3.52. The summed E-state index contributed by atoms with van der Waals surface area (Å²) in [7, 11) is 0. The maximum absolute atomic E-state index is 13.1. The van der Waals surface area contributed by atoms with Crippen LogP contribution in [0.4, 0.5) is 4.79 Å². The number of amides is 2. The second kappa shape index (κ2) is 9.41. The topological polar surface area (TPSA) is 96.7 Å². The van der Waals surface area contributed by atoms with Crippen LogP contribution in [0.3, 0.4) is 0 Å². The van der Waals surface area contributed by atoms with Gasteiger partial charge in [-0.2, -0.15) is 0 Å². The number of aromatic nitrogens is 2. The number of terminal acetylenes is 1. The average molecular weight is 489 g/mol. The maximum atomic E-state index is 13.1. The number of aliphatic hydroxyl groups excluding tert-OH is 1. The smallest absolute Gasteiger partial charge is 0.327 e. The molecule has 0 saturated carbocycles. The monoisotopic (exact) mass is 488 g/mol. The van der Waals surface area contributed by atoms with Gasteiger partial charge in [0, 0.05) is 29.9 Å². The van der Waals surface area contributed by atoms with Crippen LogP contribution in [-0.4, -0.2) is 57.2 Å². The molecule has 1 fully saturated rings. The Hall–Kier alpha value is -3.87. The van der Waals surface area contributed by atoms with Crippen molar-refractivity contribution in [2.45, 2.75) is 25.8 Å². The summed E-state index contributed by atoms with van der Waals surface area (Å²) >= 11 is 1.34. The fourth-order valence-corrected chi connectivity index (χ4v) is 5.55. The van der Waals surface area contributed by atoms with Crippen molar-refractivity contribution in [1.29, 1.82) is 0 Å². The first-order chi connectivity index (χ1) is 17.0. The zero-order valence-electron chi connectivity index (χ0n) is 19.2. The number of nitrogens with one attached hydrogen (secondary N) is 1. The van der Waals surface area contributed by atoms with E-state index in [1.165, 1.54) is 11.3 Å². The number of pyridine rings is 1. The summed E-state index contributed by atoms with van der Waals surface area (Å²) in [5.41, 5.74) is 2.21. The molecule has 8 nitrogen and oxygen atoms in total. The van der Waals surface area contributed by atoms with Crippen LogP contribution in [0.15, 0.2) is 42.6 Å². The minimum atomic E-state index is -0.280. The van der Waals surface area contributed by atoms with Gasteiger partial charge in [-0.15, -0.1) is 17.8 Å². The van der Waals surface area contributed by atoms with Gasteiger partial charge < -0.3 is 20.1 Å². The van der Waals surface area contributed by atoms with Gasteiger partial charge in [-0.3, -0.25) is 14.3 Å². The Bertz CT molecular complexity index is 1480. The van der Waals surface area contributed by atoms with Crippen molar-refractivity contribution >= 4 is 44.4 Å². The van der Waals surface area contributed by atoms with Gasteiger partial charge in [0.25, 0.3) is 5.91 Å². The maximum Gasteiger partial charge on any atom is 0.327 e. The number of aliphatic hydroxyl groups is 1. The second-order valence-corrected chi connectivity index (χ2v) is 9.47. The number of benzene rings is 1. The number of nitrogens with zero attached hydrogens (tertiary/aromatic N) is 3. The summed E-state index contributed by atoms with van der Waals surface area (Å²) < 4.78 is 8.56. The van der Waals surface area contributed by atoms with Gasteiger partial charge in [-0.05, 0) is 50.1 Å². The first kappa shape index (κ1) is 22.9. The van der Waals surface area contributed by atoms with E-state index in [-0.39, 0.29) is 31.1 Å². The zero-order chi connectivity index (χ0) is 24.5. The van der Waals surface area contributed by atoms with E-state index in [2.05, 4.69) is 16.2 Å². The van der Waals surface area contributed by atoms with Crippen LogP contribution in [0.5, 0.6) is 11.5 Å². The van der Waals surface area contributed by atoms with Gasteiger partial charge in [-0.25, -0.2) is 4.79 Å². The van der Waals surface area contributed by atoms with Crippen LogP contribution < -0.4 is 10.1 Å². The normalized spacial score (nSPS) is 15.5. The molecule has 1 unspecified atom stereocenters. The highest BCUT2D eigenvalue weighted by Crippen LogP contribution is 2.37. The first-order valence-electron chi connectivity index (χ1n) is 11.3. The van der Waals surface area contributed by atoms with Crippen LogP contribution in [0.2, 0.25) is 0 Å². The Morgan fingerprint density at radius 3 is 2.97 bits per heavy atom. The van der Waals surface area contributed by atoms with Gasteiger partial charge in [0.2, 0.25) is 0 Å². The van der Waals surface area contributed by atoms with Crippen molar-refractivity contribution in [3.05, 3.63) is 53.2 Å². The first-order valence-corrected chi connectivity index (χ1v) is 12.1. The highest BCUT2D eigenvalue weighted by molar-refractivity contribution is 7.21. The van der Waals surface area contributed by atoms with Crippen LogP contribution in [0, 0.1) is 19.3 Å². The summed E-state index contributed by atoms with van der Waals surface area (Å²) in [6.45, 7) is 2.63. The Morgan fingerprint density at radius 1 is 1.31 bits per heavy atom. The lowest BCUT2D eigenvalue weighted by molar-refractivity contribution is 0.0682. The molecule has 2 N–H and O–H groups in total. The van der Waals surface area contributed by atoms with Crippen LogP contribution in [-0.2, 0) is 0 Å². The molecule has 0 spiro atoms. The van der Waals surface area contributed by atoms with E-state index in [4.69, 9.17) is 11.2 Å². The molecule has 0 radical (unpaired) electrons. The van der Waals surface area contributed by atoms with Crippen molar-refractivity contribution in [2.75, 3.05) is 19.7 Å². The third kappa shape index (κ3) is 4.22. The second-order valence-electron chi connectivity index (χ2n) is 8.42. The number of carbonyl (C=O) groups is 2. The van der Waals surface area contributed by atoms with E-state index >= 15 is 0 Å². The molecule has 4 heterocycles. The third-order valence-corrected chi connectivity index (χ3v) is 7.29. The number of hydrogen-bond acceptors (Lipinski definition) is 6. The minimum absolute atomic E-state index is 0.0293. The molecule has 4 aromatic rings. The molecule has 35 heavy (non-hydrogen) atoms. The lowest BCUT2D eigenvalue weighted by Gasteiger charge is -2.22. The molecule has 9 heteroatoms. The van der Waals surface area contributed by atoms with Crippen molar-refractivity contribution in [3.63, 3.8) is 0 Å². The van der Waals surface area contributed by atoms with E-state index in [0.29, 0.717) is 28.4 Å². The molecule has 0 bridgehead atoms. The molecule has 1 aliphatic rings. The summed E-state index contributed by atoms with van der Waals surface area (Å²) in [5, 5.41) is 13.1. The van der Waals surface area contributed by atoms with Gasteiger partial charge in [0.05, 0.1) is 39.8 Å². The summed E-state index contributed by atoms with van der Waals surface area (Å²) in [4.78, 5) is 32.3. The SMILES string of the molecule is C#CCNC(=O)n1c(C)cc2cc(Oc3ccnc4cc(C(=O)N5CCCC5CO)sc34)ccc21. The van der Waals surface area contributed by atoms with Crippen LogP contribution in [0.1, 0.15) is 28.2 Å². The summed E-state index contributed by atoms with van der Waals surface area (Å²) in [6.07, 6.45) is 8.61. The Kier molecular flexibility index (Phi) is 6.16. The summed E-state index contributed by atoms with van der Waals surface area (Å²) in [6, 6.07) is 10.6. The van der Waals surface area contributed by atoms with Gasteiger partial charge in [0.15, 0.2) is 0 Å². The third-order valence-electron chi connectivity index (χ3n) is 6.16. The quantitative estimate of drug-likeness (QED) is 0.412. The van der Waals surface area contributed by atoms with Crippen molar-refractivity contribution in [1.82, 2.24) is 19.8 Å². The van der Waals surface area contributed by atoms with Gasteiger partial charge >= 0.3 is 6.03 Å². The number of ether oxygens (including phenoxy) is 1. The van der Waals surface area contributed by atoms with Crippen LogP contribution >= 0.6 is 11.3 Å². The van der Waals surface area contributed by atoms with Crippen molar-refractivity contribution in [3.8, 4) is 23.8 Å². The molecule has 1 aliphatic heterocycles. The number of hydrogen-bond donors (Lipinski definition) is 2. The highest BCUT2D eigenvalue weighted by atomic mass is 32.1.